The van der Waals surface area contributed by atoms with Crippen LogP contribution in [0.1, 0.15) is 44.9 Å². The van der Waals surface area contributed by atoms with E-state index < -0.39 is 12.0 Å². The van der Waals surface area contributed by atoms with Gasteiger partial charge in [0.15, 0.2) is 0 Å². The molecule has 0 aromatic rings. The first kappa shape index (κ1) is 13.9. The Kier molecular flexibility index (Phi) is 3.71. The molecule has 3 rings (SSSR count). The van der Waals surface area contributed by atoms with E-state index >= 15 is 0 Å². The van der Waals surface area contributed by atoms with Gasteiger partial charge < -0.3 is 15.3 Å². The Balaban J connectivity index is 1.97. The van der Waals surface area contributed by atoms with E-state index in [9.17, 15) is 14.7 Å². The van der Waals surface area contributed by atoms with E-state index in [2.05, 4.69) is 5.32 Å². The van der Waals surface area contributed by atoms with Crippen LogP contribution in [-0.4, -0.2) is 47.1 Å². The van der Waals surface area contributed by atoms with Crippen molar-refractivity contribution in [3.8, 4) is 0 Å². The fourth-order valence-corrected chi connectivity index (χ4v) is 4.67. The third-order valence-electron chi connectivity index (χ3n) is 5.60. The van der Waals surface area contributed by atoms with Gasteiger partial charge in [-0.15, -0.1) is 0 Å². The van der Waals surface area contributed by atoms with Crippen LogP contribution in [0.15, 0.2) is 0 Å². The summed E-state index contributed by atoms with van der Waals surface area (Å²) in [6, 6.07) is -0.649. The second-order valence-corrected chi connectivity index (χ2v) is 6.54. The number of hydrogen-bond donors (Lipinski definition) is 2. The van der Waals surface area contributed by atoms with Crippen LogP contribution in [0.4, 0.5) is 0 Å². The molecule has 0 aromatic heterocycles. The normalized spacial score (nSPS) is 41.0. The summed E-state index contributed by atoms with van der Waals surface area (Å²) in [4.78, 5) is 26.1. The minimum absolute atomic E-state index is 0.0130. The molecule has 0 aromatic carbocycles. The Hall–Kier alpha value is -1.10. The van der Waals surface area contributed by atoms with Crippen LogP contribution >= 0.6 is 0 Å². The van der Waals surface area contributed by atoms with Gasteiger partial charge in [0, 0.05) is 6.04 Å². The van der Waals surface area contributed by atoms with E-state index in [0.717, 1.165) is 32.1 Å². The summed E-state index contributed by atoms with van der Waals surface area (Å²) in [5, 5.41) is 12.6. The molecule has 1 aliphatic carbocycles. The number of carboxylic acids is 1. The average molecular weight is 280 g/mol. The first-order valence-corrected chi connectivity index (χ1v) is 7.85. The maximum atomic E-state index is 12.8. The molecule has 20 heavy (non-hydrogen) atoms. The van der Waals surface area contributed by atoms with Gasteiger partial charge in [-0.25, -0.2) is 4.79 Å². The van der Waals surface area contributed by atoms with Gasteiger partial charge in [-0.3, -0.25) is 4.79 Å². The summed E-state index contributed by atoms with van der Waals surface area (Å²) < 4.78 is 0. The van der Waals surface area contributed by atoms with Crippen molar-refractivity contribution in [2.24, 2.45) is 11.8 Å². The number of carboxylic acid groups (broad SMARTS) is 1. The maximum Gasteiger partial charge on any atom is 0.326 e. The van der Waals surface area contributed by atoms with Crippen LogP contribution in [-0.2, 0) is 9.59 Å². The van der Waals surface area contributed by atoms with Gasteiger partial charge in [0.05, 0.1) is 6.04 Å². The molecular weight excluding hydrogens is 256 g/mol. The number of carbonyl (C=O) groups excluding carboxylic acids is 1. The molecule has 112 valence electrons. The van der Waals surface area contributed by atoms with Crippen LogP contribution in [0.3, 0.4) is 0 Å². The molecule has 0 radical (unpaired) electrons. The molecule has 1 saturated carbocycles. The molecular formula is C15H24N2O3. The zero-order chi connectivity index (χ0) is 14.3. The number of nitrogens with zero attached hydrogens (tertiary/aromatic N) is 1. The van der Waals surface area contributed by atoms with E-state index in [4.69, 9.17) is 0 Å². The molecule has 5 atom stereocenters. The topological polar surface area (TPSA) is 69.6 Å². The van der Waals surface area contributed by atoms with Crippen molar-refractivity contribution < 1.29 is 14.7 Å². The standard InChI is InChI=1S/C15H24N2O3/c1-16-11-7-5-9-3-2-4-10-6-8-12(15(19)20)17(13(9)10)14(11)18/h9-13,16H,2-8H2,1H3,(H,19,20)/t9?,10?,11-,12-,13?/m0/s1. The highest BCUT2D eigenvalue weighted by Crippen LogP contribution is 2.44. The van der Waals surface area contributed by atoms with Gasteiger partial charge in [0.25, 0.3) is 0 Å². The second-order valence-electron chi connectivity index (χ2n) is 6.54. The molecule has 3 fully saturated rings. The van der Waals surface area contributed by atoms with Crippen LogP contribution in [0.5, 0.6) is 0 Å². The molecule has 2 saturated heterocycles. The lowest BCUT2D eigenvalue weighted by Gasteiger charge is -2.50. The number of carbonyl (C=O) groups is 2. The summed E-state index contributed by atoms with van der Waals surface area (Å²) in [5.74, 6) is 0.194. The summed E-state index contributed by atoms with van der Waals surface area (Å²) in [6.45, 7) is 0. The first-order valence-electron chi connectivity index (χ1n) is 7.85. The van der Waals surface area contributed by atoms with Gasteiger partial charge in [-0.05, 0) is 57.4 Å². The van der Waals surface area contributed by atoms with E-state index in [1.54, 1.807) is 11.9 Å². The summed E-state index contributed by atoms with van der Waals surface area (Å²) in [5.41, 5.74) is 0. The Morgan fingerprint density at radius 3 is 2.40 bits per heavy atom. The largest absolute Gasteiger partial charge is 0.480 e. The Labute approximate surface area is 119 Å². The van der Waals surface area contributed by atoms with E-state index in [1.807, 2.05) is 0 Å². The smallest absolute Gasteiger partial charge is 0.326 e. The van der Waals surface area contributed by atoms with Crippen LogP contribution in [0.2, 0.25) is 0 Å². The van der Waals surface area contributed by atoms with E-state index in [0.29, 0.717) is 18.3 Å². The zero-order valence-corrected chi connectivity index (χ0v) is 12.0. The third-order valence-corrected chi connectivity index (χ3v) is 5.60. The molecule has 1 amide bonds. The van der Waals surface area contributed by atoms with Gasteiger partial charge in [0.1, 0.15) is 6.04 Å². The Morgan fingerprint density at radius 2 is 1.80 bits per heavy atom. The molecule has 2 aliphatic heterocycles. The summed E-state index contributed by atoms with van der Waals surface area (Å²) in [6.07, 6.45) is 7.00. The molecule has 2 heterocycles. The summed E-state index contributed by atoms with van der Waals surface area (Å²) in [7, 11) is 1.80. The number of amides is 1. The highest BCUT2D eigenvalue weighted by atomic mass is 16.4. The minimum atomic E-state index is -0.835. The Morgan fingerprint density at radius 1 is 1.15 bits per heavy atom. The number of hydrogen-bond acceptors (Lipinski definition) is 3. The lowest BCUT2D eigenvalue weighted by molar-refractivity contribution is -0.160. The Bertz CT molecular complexity index is 412. The molecule has 5 heteroatoms. The number of nitrogens with one attached hydrogen (secondary N) is 1. The zero-order valence-electron chi connectivity index (χ0n) is 12.0. The highest BCUT2D eigenvalue weighted by Gasteiger charge is 2.50. The lowest BCUT2D eigenvalue weighted by Crippen LogP contribution is -2.61. The summed E-state index contributed by atoms with van der Waals surface area (Å²) >= 11 is 0. The van der Waals surface area contributed by atoms with Gasteiger partial charge in [-0.1, -0.05) is 6.42 Å². The molecule has 0 bridgehead atoms. The molecule has 0 spiro atoms. The van der Waals surface area contributed by atoms with E-state index in [1.165, 1.54) is 6.42 Å². The quantitative estimate of drug-likeness (QED) is 0.798. The van der Waals surface area contributed by atoms with Crippen molar-refractivity contribution in [2.45, 2.75) is 63.1 Å². The van der Waals surface area contributed by atoms with Crippen molar-refractivity contribution in [2.75, 3.05) is 7.05 Å². The van der Waals surface area contributed by atoms with Gasteiger partial charge in [-0.2, -0.15) is 0 Å². The number of piperidine rings is 1. The SMILES string of the molecule is CN[C@H]1CCC2CCCC3CC[C@@H](C(=O)O)N(C1=O)C23. The molecule has 5 nitrogen and oxygen atoms in total. The second kappa shape index (κ2) is 5.35. The predicted molar refractivity (Wildman–Crippen MR) is 74.2 cm³/mol. The maximum absolute atomic E-state index is 12.8. The van der Waals surface area contributed by atoms with Crippen molar-refractivity contribution in [3.63, 3.8) is 0 Å². The van der Waals surface area contributed by atoms with Crippen molar-refractivity contribution in [3.05, 3.63) is 0 Å². The molecule has 3 aliphatic rings. The fraction of sp³-hybridized carbons (Fsp3) is 0.867. The third kappa shape index (κ3) is 2.12. The van der Waals surface area contributed by atoms with Gasteiger partial charge >= 0.3 is 5.97 Å². The van der Waals surface area contributed by atoms with E-state index in [-0.39, 0.29) is 18.0 Å². The van der Waals surface area contributed by atoms with Crippen molar-refractivity contribution >= 4 is 11.9 Å². The molecule has 2 N–H and O–H groups in total. The number of likely N-dealkylation sites (N-methyl/N-ethyl adjacent to an activating group) is 1. The van der Waals surface area contributed by atoms with Crippen LogP contribution in [0.25, 0.3) is 0 Å². The van der Waals surface area contributed by atoms with Crippen LogP contribution < -0.4 is 5.32 Å². The van der Waals surface area contributed by atoms with Crippen molar-refractivity contribution in [1.82, 2.24) is 10.2 Å². The van der Waals surface area contributed by atoms with Crippen molar-refractivity contribution in [1.29, 1.82) is 0 Å². The average Bonchev–Trinajstić information content (AvgIpc) is 2.59. The van der Waals surface area contributed by atoms with Crippen LogP contribution in [0, 0.1) is 11.8 Å². The number of rotatable bonds is 2. The lowest BCUT2D eigenvalue weighted by atomic mass is 9.70. The molecule has 3 unspecified atom stereocenters. The highest BCUT2D eigenvalue weighted by molar-refractivity contribution is 5.88. The first-order chi connectivity index (χ1) is 9.63. The number of aliphatic carboxylic acids is 1. The monoisotopic (exact) mass is 280 g/mol. The minimum Gasteiger partial charge on any atom is -0.480 e. The predicted octanol–water partition coefficient (Wildman–Crippen LogP) is 1.23. The fourth-order valence-electron chi connectivity index (χ4n) is 4.67. The van der Waals surface area contributed by atoms with Gasteiger partial charge in [0.2, 0.25) is 5.91 Å².